The number of anilines is 1. The topological polar surface area (TPSA) is 21.3 Å². The van der Waals surface area contributed by atoms with Gasteiger partial charge in [-0.3, -0.25) is 0 Å². The highest BCUT2D eigenvalue weighted by molar-refractivity contribution is 9.10. The molecule has 0 bridgehead atoms. The van der Waals surface area contributed by atoms with Crippen LogP contribution in [0.1, 0.15) is 11.1 Å². The summed E-state index contributed by atoms with van der Waals surface area (Å²) in [5, 5.41) is 3.39. The van der Waals surface area contributed by atoms with Crippen molar-refractivity contribution in [1.29, 1.82) is 0 Å². The van der Waals surface area contributed by atoms with E-state index in [0.717, 1.165) is 22.5 Å². The van der Waals surface area contributed by atoms with Crippen molar-refractivity contribution in [2.24, 2.45) is 0 Å². The van der Waals surface area contributed by atoms with E-state index >= 15 is 0 Å². The van der Waals surface area contributed by atoms with Gasteiger partial charge in [0.1, 0.15) is 5.75 Å². The summed E-state index contributed by atoms with van der Waals surface area (Å²) >= 11 is 3.48. The average Bonchev–Trinajstić information content (AvgIpc) is 2.38. The summed E-state index contributed by atoms with van der Waals surface area (Å²) in [6.45, 7) is 2.91. The molecule has 0 aliphatic heterocycles. The minimum absolute atomic E-state index is 0.819. The summed E-state index contributed by atoms with van der Waals surface area (Å²) in [7, 11) is 1.67. The van der Waals surface area contributed by atoms with Crippen LogP contribution in [-0.4, -0.2) is 7.11 Å². The van der Waals surface area contributed by atoms with Gasteiger partial charge in [-0.2, -0.15) is 0 Å². The summed E-state index contributed by atoms with van der Waals surface area (Å²) in [5.74, 6) is 0.843. The molecule has 3 heteroatoms. The Kier molecular flexibility index (Phi) is 4.26. The molecule has 0 saturated carbocycles. The Morgan fingerprint density at radius 3 is 2.44 bits per heavy atom. The lowest BCUT2D eigenvalue weighted by atomic mass is 10.1. The Balaban J connectivity index is 2.02. The number of hydrogen-bond acceptors (Lipinski definition) is 2. The number of nitrogens with one attached hydrogen (secondary N) is 1. The maximum absolute atomic E-state index is 5.20. The van der Waals surface area contributed by atoms with Crippen molar-refractivity contribution in [3.8, 4) is 5.75 Å². The van der Waals surface area contributed by atoms with E-state index in [9.17, 15) is 0 Å². The van der Waals surface area contributed by atoms with Crippen LogP contribution in [0.3, 0.4) is 0 Å². The molecular weight excluding hydrogens is 290 g/mol. The number of aryl methyl sites for hydroxylation is 1. The van der Waals surface area contributed by atoms with Crippen molar-refractivity contribution in [2.75, 3.05) is 12.4 Å². The number of hydrogen-bond donors (Lipinski definition) is 1. The van der Waals surface area contributed by atoms with Crippen molar-refractivity contribution in [3.63, 3.8) is 0 Å². The molecule has 0 amide bonds. The largest absolute Gasteiger partial charge is 0.496 e. The lowest BCUT2D eigenvalue weighted by Crippen LogP contribution is -1.99. The Bertz CT molecular complexity index is 523. The van der Waals surface area contributed by atoms with E-state index in [-0.39, 0.29) is 0 Å². The maximum Gasteiger partial charge on any atom is 0.133 e. The number of halogens is 1. The molecule has 0 aromatic heterocycles. The fraction of sp³-hybridized carbons (Fsp3) is 0.200. The molecule has 0 heterocycles. The minimum Gasteiger partial charge on any atom is -0.496 e. The maximum atomic E-state index is 5.20. The van der Waals surface area contributed by atoms with Crippen molar-refractivity contribution in [1.82, 2.24) is 0 Å². The highest BCUT2D eigenvalue weighted by atomic mass is 79.9. The zero-order valence-electron chi connectivity index (χ0n) is 10.5. The van der Waals surface area contributed by atoms with Crippen molar-refractivity contribution >= 4 is 21.6 Å². The van der Waals surface area contributed by atoms with Gasteiger partial charge in [0.05, 0.1) is 11.6 Å². The molecule has 0 aliphatic carbocycles. The summed E-state index contributed by atoms with van der Waals surface area (Å²) in [5.41, 5.74) is 3.63. The van der Waals surface area contributed by atoms with Crippen LogP contribution in [0.4, 0.5) is 5.69 Å². The lowest BCUT2D eigenvalue weighted by molar-refractivity contribution is 0.412. The smallest absolute Gasteiger partial charge is 0.133 e. The molecule has 1 N–H and O–H groups in total. The van der Waals surface area contributed by atoms with E-state index in [4.69, 9.17) is 4.74 Å². The monoisotopic (exact) mass is 305 g/mol. The SMILES string of the molecule is COc1ccc(NCc2ccc(C)cc2)cc1Br. The lowest BCUT2D eigenvalue weighted by Gasteiger charge is -2.09. The quantitative estimate of drug-likeness (QED) is 0.905. The molecule has 0 saturated heterocycles. The van der Waals surface area contributed by atoms with Gasteiger partial charge < -0.3 is 10.1 Å². The van der Waals surface area contributed by atoms with Gasteiger partial charge in [0, 0.05) is 12.2 Å². The molecule has 18 heavy (non-hydrogen) atoms. The molecule has 94 valence electrons. The van der Waals surface area contributed by atoms with Gasteiger partial charge in [-0.1, -0.05) is 29.8 Å². The zero-order chi connectivity index (χ0) is 13.0. The molecule has 0 atom stereocenters. The molecule has 2 aromatic carbocycles. The second-order valence-corrected chi connectivity index (χ2v) is 5.04. The Labute approximate surface area is 116 Å². The Hall–Kier alpha value is -1.48. The van der Waals surface area contributed by atoms with Crippen molar-refractivity contribution in [2.45, 2.75) is 13.5 Å². The fourth-order valence-electron chi connectivity index (χ4n) is 1.69. The van der Waals surface area contributed by atoms with Crippen LogP contribution in [0.25, 0.3) is 0 Å². The first-order valence-corrected chi connectivity index (χ1v) is 6.61. The van der Waals surface area contributed by atoms with Crippen LogP contribution in [0, 0.1) is 6.92 Å². The average molecular weight is 306 g/mol. The van der Waals surface area contributed by atoms with Crippen molar-refractivity contribution in [3.05, 3.63) is 58.1 Å². The third-order valence-electron chi connectivity index (χ3n) is 2.77. The third kappa shape index (κ3) is 3.26. The van der Waals surface area contributed by atoms with Gasteiger partial charge in [0.25, 0.3) is 0 Å². The zero-order valence-corrected chi connectivity index (χ0v) is 12.1. The van der Waals surface area contributed by atoms with Gasteiger partial charge in [-0.25, -0.2) is 0 Å². The Morgan fingerprint density at radius 1 is 1.11 bits per heavy atom. The summed E-state index contributed by atoms with van der Waals surface area (Å²) in [4.78, 5) is 0. The van der Waals surface area contributed by atoms with E-state index < -0.39 is 0 Å². The number of methoxy groups -OCH3 is 1. The number of rotatable bonds is 4. The van der Waals surface area contributed by atoms with Gasteiger partial charge in [-0.15, -0.1) is 0 Å². The molecule has 0 aliphatic rings. The van der Waals surface area contributed by atoms with E-state index in [1.54, 1.807) is 7.11 Å². The van der Waals surface area contributed by atoms with E-state index in [1.165, 1.54) is 11.1 Å². The number of ether oxygens (including phenoxy) is 1. The minimum atomic E-state index is 0.819. The molecule has 0 spiro atoms. The van der Waals surface area contributed by atoms with Crippen LogP contribution < -0.4 is 10.1 Å². The van der Waals surface area contributed by atoms with Crippen LogP contribution in [-0.2, 0) is 6.54 Å². The van der Waals surface area contributed by atoms with Gasteiger partial charge in [-0.05, 0) is 46.6 Å². The Morgan fingerprint density at radius 2 is 1.83 bits per heavy atom. The normalized spacial score (nSPS) is 10.2. The first kappa shape index (κ1) is 13.0. The molecule has 2 aromatic rings. The molecule has 2 nitrogen and oxygen atoms in total. The summed E-state index contributed by atoms with van der Waals surface area (Å²) < 4.78 is 6.16. The fourth-order valence-corrected chi connectivity index (χ4v) is 2.23. The third-order valence-corrected chi connectivity index (χ3v) is 3.39. The highest BCUT2D eigenvalue weighted by Crippen LogP contribution is 2.27. The first-order chi connectivity index (χ1) is 8.69. The van der Waals surface area contributed by atoms with Crippen LogP contribution >= 0.6 is 15.9 Å². The summed E-state index contributed by atoms with van der Waals surface area (Å²) in [6.07, 6.45) is 0. The van der Waals surface area contributed by atoms with E-state index in [2.05, 4.69) is 52.4 Å². The van der Waals surface area contributed by atoms with E-state index in [1.807, 2.05) is 18.2 Å². The van der Waals surface area contributed by atoms with Crippen LogP contribution in [0.5, 0.6) is 5.75 Å². The van der Waals surface area contributed by atoms with Gasteiger partial charge >= 0.3 is 0 Å². The predicted octanol–water partition coefficient (Wildman–Crippen LogP) is 4.38. The van der Waals surface area contributed by atoms with Crippen LogP contribution in [0.15, 0.2) is 46.9 Å². The number of benzene rings is 2. The summed E-state index contributed by atoms with van der Waals surface area (Å²) in [6, 6.07) is 14.5. The molecule has 0 unspecified atom stereocenters. The van der Waals surface area contributed by atoms with Gasteiger partial charge in [0.2, 0.25) is 0 Å². The second kappa shape index (κ2) is 5.91. The molecular formula is C15H16BrNO. The standard InChI is InChI=1S/C15H16BrNO/c1-11-3-5-12(6-4-11)10-17-13-7-8-15(18-2)14(16)9-13/h3-9,17H,10H2,1-2H3. The molecule has 0 radical (unpaired) electrons. The predicted molar refractivity (Wildman–Crippen MR) is 79.2 cm³/mol. The highest BCUT2D eigenvalue weighted by Gasteiger charge is 2.01. The van der Waals surface area contributed by atoms with Crippen LogP contribution in [0.2, 0.25) is 0 Å². The van der Waals surface area contributed by atoms with Gasteiger partial charge in [0.15, 0.2) is 0 Å². The molecule has 2 rings (SSSR count). The molecule has 0 fully saturated rings. The van der Waals surface area contributed by atoms with Crippen molar-refractivity contribution < 1.29 is 4.74 Å². The first-order valence-electron chi connectivity index (χ1n) is 5.82. The second-order valence-electron chi connectivity index (χ2n) is 4.19. The van der Waals surface area contributed by atoms with E-state index in [0.29, 0.717) is 0 Å².